The van der Waals surface area contributed by atoms with Crippen LogP contribution in [0.2, 0.25) is 0 Å². The first kappa shape index (κ1) is 9.88. The minimum absolute atomic E-state index is 0.278. The van der Waals surface area contributed by atoms with E-state index in [0.29, 0.717) is 0 Å². The molecule has 0 aromatic rings. The van der Waals surface area contributed by atoms with Gasteiger partial charge in [-0.05, 0) is 35.0 Å². The van der Waals surface area contributed by atoms with Gasteiger partial charge in [-0.15, -0.1) is 0 Å². The molecule has 0 aliphatic heterocycles. The molecule has 0 radical (unpaired) electrons. The van der Waals surface area contributed by atoms with Crippen molar-refractivity contribution < 1.29 is 5.11 Å². The quantitative estimate of drug-likeness (QED) is 0.575. The SMILES string of the molecule is C[C@H](O)N(C)[C@H](C)N(C)C. The predicted octanol–water partition coefficient (Wildman–Crippen LogP) is 0.164. The van der Waals surface area contributed by atoms with Gasteiger partial charge in [0.1, 0.15) is 6.23 Å². The molecule has 0 saturated heterocycles. The monoisotopic (exact) mass is 146 g/mol. The fourth-order valence-electron chi connectivity index (χ4n) is 0.676. The molecule has 0 rings (SSSR count). The molecule has 10 heavy (non-hydrogen) atoms. The van der Waals surface area contributed by atoms with Crippen LogP contribution in [0.25, 0.3) is 0 Å². The number of rotatable bonds is 3. The van der Waals surface area contributed by atoms with Crippen molar-refractivity contribution in [2.75, 3.05) is 21.1 Å². The van der Waals surface area contributed by atoms with Crippen LogP contribution in [0.1, 0.15) is 13.8 Å². The lowest BCUT2D eigenvalue weighted by Gasteiger charge is -2.31. The maximum Gasteiger partial charge on any atom is 0.105 e. The zero-order valence-corrected chi connectivity index (χ0v) is 7.50. The van der Waals surface area contributed by atoms with Crippen LogP contribution in [-0.4, -0.2) is 48.4 Å². The zero-order chi connectivity index (χ0) is 8.31. The van der Waals surface area contributed by atoms with E-state index >= 15 is 0 Å². The maximum absolute atomic E-state index is 9.14. The van der Waals surface area contributed by atoms with Gasteiger partial charge in [-0.1, -0.05) is 0 Å². The van der Waals surface area contributed by atoms with Crippen molar-refractivity contribution in [3.63, 3.8) is 0 Å². The number of nitrogens with zero attached hydrogens (tertiary/aromatic N) is 2. The highest BCUT2D eigenvalue weighted by Gasteiger charge is 2.13. The summed E-state index contributed by atoms with van der Waals surface area (Å²) in [6.45, 7) is 3.81. The van der Waals surface area contributed by atoms with Gasteiger partial charge in [0.2, 0.25) is 0 Å². The summed E-state index contributed by atoms with van der Waals surface area (Å²) >= 11 is 0. The van der Waals surface area contributed by atoms with Crippen LogP contribution in [0, 0.1) is 0 Å². The van der Waals surface area contributed by atoms with E-state index in [4.69, 9.17) is 5.11 Å². The number of hydrogen-bond donors (Lipinski definition) is 1. The van der Waals surface area contributed by atoms with E-state index < -0.39 is 0 Å². The highest BCUT2D eigenvalue weighted by atomic mass is 16.3. The fraction of sp³-hybridized carbons (Fsp3) is 1.00. The van der Waals surface area contributed by atoms with Crippen LogP contribution in [0.4, 0.5) is 0 Å². The van der Waals surface area contributed by atoms with E-state index in [1.165, 1.54) is 0 Å². The summed E-state index contributed by atoms with van der Waals surface area (Å²) in [6.07, 6.45) is -0.0996. The molecule has 0 saturated carbocycles. The average Bonchev–Trinajstić information content (AvgIpc) is 1.84. The molecular weight excluding hydrogens is 128 g/mol. The smallest absolute Gasteiger partial charge is 0.105 e. The first-order valence-electron chi connectivity index (χ1n) is 3.53. The van der Waals surface area contributed by atoms with Crippen LogP contribution in [0.3, 0.4) is 0 Å². The predicted molar refractivity (Wildman–Crippen MR) is 42.6 cm³/mol. The second-order valence-corrected chi connectivity index (χ2v) is 2.89. The molecule has 0 unspecified atom stereocenters. The summed E-state index contributed by atoms with van der Waals surface area (Å²) in [5.74, 6) is 0. The Labute approximate surface area is 63.2 Å². The van der Waals surface area contributed by atoms with Crippen molar-refractivity contribution in [1.82, 2.24) is 9.80 Å². The minimum atomic E-state index is -0.377. The van der Waals surface area contributed by atoms with E-state index in [9.17, 15) is 0 Å². The van der Waals surface area contributed by atoms with Crippen molar-refractivity contribution in [2.45, 2.75) is 26.2 Å². The van der Waals surface area contributed by atoms with Crippen LogP contribution in [0.15, 0.2) is 0 Å². The summed E-state index contributed by atoms with van der Waals surface area (Å²) in [5, 5.41) is 9.14. The molecule has 0 amide bonds. The third kappa shape index (κ3) is 2.64. The Balaban J connectivity index is 3.81. The summed E-state index contributed by atoms with van der Waals surface area (Å²) < 4.78 is 0. The second kappa shape index (κ2) is 3.91. The van der Waals surface area contributed by atoms with E-state index in [1.807, 2.05) is 37.9 Å². The minimum Gasteiger partial charge on any atom is -0.379 e. The standard InChI is InChI=1S/C7H18N2O/c1-6(8(3)4)9(5)7(2)10/h6-7,10H,1-5H3/t6-,7+/m1/s1. The molecule has 1 N–H and O–H groups in total. The van der Waals surface area contributed by atoms with E-state index in [-0.39, 0.29) is 12.4 Å². The molecule has 0 aliphatic rings. The average molecular weight is 146 g/mol. The normalized spacial score (nSPS) is 18.0. The van der Waals surface area contributed by atoms with E-state index in [2.05, 4.69) is 0 Å². The lowest BCUT2D eigenvalue weighted by molar-refractivity contribution is -0.0276. The molecule has 0 bridgehead atoms. The molecule has 3 nitrogen and oxygen atoms in total. The van der Waals surface area contributed by atoms with Crippen molar-refractivity contribution in [1.29, 1.82) is 0 Å². The van der Waals surface area contributed by atoms with Gasteiger partial charge in [-0.3, -0.25) is 9.80 Å². The van der Waals surface area contributed by atoms with Crippen molar-refractivity contribution in [2.24, 2.45) is 0 Å². The van der Waals surface area contributed by atoms with Gasteiger partial charge in [-0.2, -0.15) is 0 Å². The summed E-state index contributed by atoms with van der Waals surface area (Å²) in [4.78, 5) is 3.94. The molecule has 2 atom stereocenters. The van der Waals surface area contributed by atoms with Gasteiger partial charge in [0, 0.05) is 0 Å². The van der Waals surface area contributed by atoms with Crippen molar-refractivity contribution in [3.05, 3.63) is 0 Å². The topological polar surface area (TPSA) is 26.7 Å². The van der Waals surface area contributed by atoms with Crippen molar-refractivity contribution in [3.8, 4) is 0 Å². The van der Waals surface area contributed by atoms with Gasteiger partial charge < -0.3 is 5.11 Å². The number of hydrogen-bond acceptors (Lipinski definition) is 3. The Hall–Kier alpha value is -0.120. The van der Waals surface area contributed by atoms with E-state index in [1.54, 1.807) is 6.92 Å². The van der Waals surface area contributed by atoms with Gasteiger partial charge in [-0.25, -0.2) is 0 Å². The fourth-order valence-corrected chi connectivity index (χ4v) is 0.676. The Kier molecular flexibility index (Phi) is 3.86. The molecule has 0 fully saturated rings. The van der Waals surface area contributed by atoms with Crippen molar-refractivity contribution >= 4 is 0 Å². The molecule has 3 heteroatoms. The molecule has 0 aromatic carbocycles. The first-order chi connectivity index (χ1) is 4.46. The van der Waals surface area contributed by atoms with Crippen LogP contribution in [-0.2, 0) is 0 Å². The lowest BCUT2D eigenvalue weighted by atomic mass is 10.4. The number of aliphatic hydroxyl groups excluding tert-OH is 1. The Morgan fingerprint density at radius 3 is 1.60 bits per heavy atom. The Bertz CT molecular complexity index is 81.6. The lowest BCUT2D eigenvalue weighted by Crippen LogP contribution is -2.44. The summed E-state index contributed by atoms with van der Waals surface area (Å²) in [6, 6.07) is 0. The third-order valence-electron chi connectivity index (χ3n) is 1.93. The summed E-state index contributed by atoms with van der Waals surface area (Å²) in [5.41, 5.74) is 0. The molecular formula is C7H18N2O. The van der Waals surface area contributed by atoms with Crippen LogP contribution < -0.4 is 0 Å². The van der Waals surface area contributed by atoms with Crippen LogP contribution in [0.5, 0.6) is 0 Å². The second-order valence-electron chi connectivity index (χ2n) is 2.89. The third-order valence-corrected chi connectivity index (χ3v) is 1.93. The molecule has 0 spiro atoms. The van der Waals surface area contributed by atoms with Gasteiger partial charge in [0.15, 0.2) is 0 Å². The van der Waals surface area contributed by atoms with Crippen LogP contribution >= 0.6 is 0 Å². The Morgan fingerprint density at radius 1 is 1.10 bits per heavy atom. The van der Waals surface area contributed by atoms with E-state index in [0.717, 1.165) is 0 Å². The molecule has 0 heterocycles. The Morgan fingerprint density at radius 2 is 1.50 bits per heavy atom. The highest BCUT2D eigenvalue weighted by molar-refractivity contribution is 4.59. The zero-order valence-electron chi connectivity index (χ0n) is 7.50. The van der Waals surface area contributed by atoms with Gasteiger partial charge >= 0.3 is 0 Å². The summed E-state index contributed by atoms with van der Waals surface area (Å²) in [7, 11) is 5.88. The highest BCUT2D eigenvalue weighted by Crippen LogP contribution is 2.00. The largest absolute Gasteiger partial charge is 0.379 e. The number of aliphatic hydroxyl groups is 1. The van der Waals surface area contributed by atoms with Gasteiger partial charge in [0.05, 0.1) is 6.17 Å². The molecule has 0 aromatic heterocycles. The molecule has 0 aliphatic carbocycles. The maximum atomic E-state index is 9.14. The first-order valence-corrected chi connectivity index (χ1v) is 3.53. The van der Waals surface area contributed by atoms with Gasteiger partial charge in [0.25, 0.3) is 0 Å². The molecule has 62 valence electrons.